The molecule has 2 heterocycles. The molecule has 1 aromatic carbocycles. The van der Waals surface area contributed by atoms with Gasteiger partial charge in [-0.2, -0.15) is 0 Å². The van der Waals surface area contributed by atoms with E-state index >= 15 is 0 Å². The molecule has 19 heavy (non-hydrogen) atoms. The zero-order valence-electron chi connectivity index (χ0n) is 10.6. The van der Waals surface area contributed by atoms with Crippen LogP contribution in [-0.2, 0) is 14.6 Å². The molecule has 2 aliphatic rings. The SMILES string of the molecule is O=S1(=O)CC(C2(CBr)CCCOC2)c2ccccc21. The number of rotatable bonds is 2. The minimum atomic E-state index is -3.13. The minimum Gasteiger partial charge on any atom is -0.381 e. The third kappa shape index (κ3) is 2.16. The Morgan fingerprint density at radius 3 is 2.84 bits per heavy atom. The zero-order valence-corrected chi connectivity index (χ0v) is 13.0. The minimum absolute atomic E-state index is 0.0494. The second-order valence-electron chi connectivity index (χ2n) is 5.52. The molecule has 0 aliphatic carbocycles. The van der Waals surface area contributed by atoms with Crippen molar-refractivity contribution in [1.82, 2.24) is 0 Å². The van der Waals surface area contributed by atoms with Gasteiger partial charge in [0.1, 0.15) is 0 Å². The van der Waals surface area contributed by atoms with Crippen LogP contribution in [0.5, 0.6) is 0 Å². The fourth-order valence-electron chi connectivity index (χ4n) is 3.30. The van der Waals surface area contributed by atoms with Crippen molar-refractivity contribution in [1.29, 1.82) is 0 Å². The Balaban J connectivity index is 2.07. The molecule has 0 aromatic heterocycles. The number of hydrogen-bond acceptors (Lipinski definition) is 3. The number of alkyl halides is 1. The van der Waals surface area contributed by atoms with E-state index in [0.29, 0.717) is 11.5 Å². The first-order valence-electron chi connectivity index (χ1n) is 6.54. The van der Waals surface area contributed by atoms with E-state index in [9.17, 15) is 8.42 Å². The number of benzene rings is 1. The molecule has 1 aromatic rings. The van der Waals surface area contributed by atoms with Gasteiger partial charge in [0.05, 0.1) is 17.3 Å². The first kappa shape index (κ1) is 13.6. The topological polar surface area (TPSA) is 43.4 Å². The van der Waals surface area contributed by atoms with Gasteiger partial charge in [0, 0.05) is 23.3 Å². The van der Waals surface area contributed by atoms with Gasteiger partial charge < -0.3 is 4.74 Å². The normalized spacial score (nSPS) is 33.0. The summed E-state index contributed by atoms with van der Waals surface area (Å²) in [6, 6.07) is 7.43. The van der Waals surface area contributed by atoms with Crippen LogP contribution in [0.4, 0.5) is 0 Å². The van der Waals surface area contributed by atoms with Crippen LogP contribution in [0.1, 0.15) is 24.3 Å². The molecule has 0 bridgehead atoms. The molecule has 1 saturated heterocycles. The Bertz CT molecular complexity index is 576. The summed E-state index contributed by atoms with van der Waals surface area (Å²) in [4.78, 5) is 0.519. The quantitative estimate of drug-likeness (QED) is 0.774. The van der Waals surface area contributed by atoms with E-state index in [2.05, 4.69) is 15.9 Å². The Morgan fingerprint density at radius 2 is 2.16 bits per heavy atom. The molecule has 2 unspecified atom stereocenters. The number of halogens is 1. The van der Waals surface area contributed by atoms with Crippen molar-refractivity contribution in [2.75, 3.05) is 24.3 Å². The third-order valence-electron chi connectivity index (χ3n) is 4.37. The maximum Gasteiger partial charge on any atom is 0.179 e. The molecule has 0 radical (unpaired) electrons. The molecule has 104 valence electrons. The Hall–Kier alpha value is -0.390. The molecule has 2 atom stereocenters. The van der Waals surface area contributed by atoms with E-state index in [1.807, 2.05) is 12.1 Å². The lowest BCUT2D eigenvalue weighted by Gasteiger charge is -2.40. The van der Waals surface area contributed by atoms with Gasteiger partial charge in [0.15, 0.2) is 9.84 Å². The van der Waals surface area contributed by atoms with Gasteiger partial charge in [-0.3, -0.25) is 0 Å². The van der Waals surface area contributed by atoms with E-state index < -0.39 is 9.84 Å². The fourth-order valence-corrected chi connectivity index (χ4v) is 6.14. The van der Waals surface area contributed by atoms with Gasteiger partial charge >= 0.3 is 0 Å². The van der Waals surface area contributed by atoms with Crippen molar-refractivity contribution in [2.24, 2.45) is 5.41 Å². The molecular weight excluding hydrogens is 328 g/mol. The number of sulfone groups is 1. The molecule has 0 saturated carbocycles. The van der Waals surface area contributed by atoms with E-state index in [-0.39, 0.29) is 17.1 Å². The summed E-state index contributed by atoms with van der Waals surface area (Å²) in [6.45, 7) is 1.43. The lowest BCUT2D eigenvalue weighted by atomic mass is 9.71. The van der Waals surface area contributed by atoms with Gasteiger partial charge in [0.25, 0.3) is 0 Å². The lowest BCUT2D eigenvalue weighted by molar-refractivity contribution is -0.00540. The maximum atomic E-state index is 12.3. The highest BCUT2D eigenvalue weighted by molar-refractivity contribution is 9.09. The summed E-state index contributed by atoms with van der Waals surface area (Å²) in [5.74, 6) is 0.273. The summed E-state index contributed by atoms with van der Waals surface area (Å²) in [5, 5.41) is 0.786. The van der Waals surface area contributed by atoms with Crippen molar-refractivity contribution in [3.05, 3.63) is 29.8 Å². The van der Waals surface area contributed by atoms with Crippen LogP contribution in [0, 0.1) is 5.41 Å². The zero-order chi connectivity index (χ0) is 13.5. The second kappa shape index (κ2) is 4.86. The van der Waals surface area contributed by atoms with Crippen LogP contribution in [0.15, 0.2) is 29.2 Å². The van der Waals surface area contributed by atoms with E-state index in [0.717, 1.165) is 30.3 Å². The largest absolute Gasteiger partial charge is 0.381 e. The summed E-state index contributed by atoms with van der Waals surface area (Å²) < 4.78 is 30.3. The molecule has 3 nitrogen and oxygen atoms in total. The molecule has 1 fully saturated rings. The Kier molecular flexibility index (Phi) is 3.48. The number of fused-ring (bicyclic) bond motifs is 1. The highest BCUT2D eigenvalue weighted by Crippen LogP contribution is 2.50. The molecule has 0 amide bonds. The van der Waals surface area contributed by atoms with Crippen molar-refractivity contribution in [3.8, 4) is 0 Å². The smallest absolute Gasteiger partial charge is 0.179 e. The Labute approximate surface area is 122 Å². The van der Waals surface area contributed by atoms with E-state index in [1.165, 1.54) is 0 Å². The van der Waals surface area contributed by atoms with Gasteiger partial charge in [-0.05, 0) is 24.5 Å². The molecular formula is C14H17BrO3S. The second-order valence-corrected chi connectivity index (χ2v) is 8.09. The van der Waals surface area contributed by atoms with Gasteiger partial charge in [0.2, 0.25) is 0 Å². The summed E-state index contributed by atoms with van der Waals surface area (Å²) in [7, 11) is -3.13. The van der Waals surface area contributed by atoms with Gasteiger partial charge in [-0.1, -0.05) is 34.1 Å². The summed E-state index contributed by atoms with van der Waals surface area (Å²) in [6.07, 6.45) is 2.02. The number of ether oxygens (including phenoxy) is 1. The van der Waals surface area contributed by atoms with E-state index in [1.54, 1.807) is 12.1 Å². The molecule has 2 aliphatic heterocycles. The van der Waals surface area contributed by atoms with Crippen molar-refractivity contribution in [3.63, 3.8) is 0 Å². The van der Waals surface area contributed by atoms with Crippen LogP contribution in [-0.4, -0.2) is 32.7 Å². The predicted octanol–water partition coefficient (Wildman–Crippen LogP) is 2.75. The first-order valence-corrected chi connectivity index (χ1v) is 9.32. The highest BCUT2D eigenvalue weighted by Gasteiger charge is 2.48. The third-order valence-corrected chi connectivity index (χ3v) is 7.30. The van der Waals surface area contributed by atoms with Crippen LogP contribution in [0.25, 0.3) is 0 Å². The molecule has 3 rings (SSSR count). The van der Waals surface area contributed by atoms with Crippen molar-refractivity contribution >= 4 is 25.8 Å². The van der Waals surface area contributed by atoms with E-state index in [4.69, 9.17) is 4.74 Å². The predicted molar refractivity (Wildman–Crippen MR) is 77.5 cm³/mol. The van der Waals surface area contributed by atoms with Gasteiger partial charge in [-0.25, -0.2) is 8.42 Å². The van der Waals surface area contributed by atoms with Crippen LogP contribution in [0.3, 0.4) is 0 Å². The molecule has 5 heteroatoms. The number of hydrogen-bond donors (Lipinski definition) is 0. The highest BCUT2D eigenvalue weighted by atomic mass is 79.9. The monoisotopic (exact) mass is 344 g/mol. The van der Waals surface area contributed by atoms with Crippen LogP contribution in [0.2, 0.25) is 0 Å². The fraction of sp³-hybridized carbons (Fsp3) is 0.571. The van der Waals surface area contributed by atoms with Crippen LogP contribution < -0.4 is 0 Å². The summed E-state index contributed by atoms with van der Waals surface area (Å²) >= 11 is 3.59. The Morgan fingerprint density at radius 1 is 1.37 bits per heavy atom. The van der Waals surface area contributed by atoms with Crippen molar-refractivity contribution in [2.45, 2.75) is 23.7 Å². The maximum absolute atomic E-state index is 12.3. The first-order chi connectivity index (χ1) is 9.09. The summed E-state index contributed by atoms with van der Waals surface area (Å²) in [5.41, 5.74) is 0.894. The van der Waals surface area contributed by atoms with Crippen LogP contribution >= 0.6 is 15.9 Å². The van der Waals surface area contributed by atoms with Crippen molar-refractivity contribution < 1.29 is 13.2 Å². The standard InChI is InChI=1S/C14H17BrO3S/c15-9-14(6-3-7-18-10-14)12-8-19(16,17)13-5-2-1-4-11(12)13/h1-2,4-5,12H,3,6-10H2. The average molecular weight is 345 g/mol. The van der Waals surface area contributed by atoms with Gasteiger partial charge in [-0.15, -0.1) is 0 Å². The molecule has 0 N–H and O–H groups in total. The average Bonchev–Trinajstić information content (AvgIpc) is 2.73. The lowest BCUT2D eigenvalue weighted by Crippen LogP contribution is -2.40. The molecule has 0 spiro atoms.